The number of carboxylic acid groups (broad SMARTS) is 1. The Morgan fingerprint density at radius 2 is 1.85 bits per heavy atom. The Balaban J connectivity index is 2.03. The zero-order valence-electron chi connectivity index (χ0n) is 11.3. The largest absolute Gasteiger partial charge is 0.478 e. The molecule has 20 heavy (non-hydrogen) atoms. The van der Waals surface area contributed by atoms with Crippen molar-refractivity contribution in [1.82, 2.24) is 0 Å². The maximum atomic E-state index is 10.8. The van der Waals surface area contributed by atoms with Crippen molar-refractivity contribution in [2.45, 2.75) is 13.2 Å². The van der Waals surface area contributed by atoms with E-state index in [0.29, 0.717) is 18.7 Å². The molecule has 2 aromatic rings. The normalized spacial score (nSPS) is 10.2. The average Bonchev–Trinajstić information content (AvgIpc) is 2.47. The molecule has 4 nitrogen and oxygen atoms in total. The highest BCUT2D eigenvalue weighted by Crippen LogP contribution is 2.17. The topological polar surface area (TPSA) is 58.6 Å². The molecular weight excluding hydrogens is 254 g/mol. The van der Waals surface area contributed by atoms with Gasteiger partial charge >= 0.3 is 5.97 Å². The molecule has 0 amide bonds. The summed E-state index contributed by atoms with van der Waals surface area (Å²) < 4.78 is 5.16. The number of carboxylic acids is 1. The van der Waals surface area contributed by atoms with E-state index in [9.17, 15) is 4.79 Å². The minimum atomic E-state index is -0.907. The summed E-state index contributed by atoms with van der Waals surface area (Å²) in [6.07, 6.45) is 0. The predicted octanol–water partition coefficient (Wildman–Crippen LogP) is 3.14. The van der Waals surface area contributed by atoms with Gasteiger partial charge in [-0.05, 0) is 23.8 Å². The number of nitrogens with one attached hydrogen (secondary N) is 1. The number of methoxy groups -OCH3 is 1. The van der Waals surface area contributed by atoms with Gasteiger partial charge in [-0.3, -0.25) is 0 Å². The van der Waals surface area contributed by atoms with Crippen molar-refractivity contribution in [2.24, 2.45) is 0 Å². The van der Waals surface area contributed by atoms with Crippen LogP contribution in [-0.2, 0) is 17.9 Å². The molecule has 0 aromatic heterocycles. The molecule has 2 N–H and O–H groups in total. The molecule has 2 rings (SSSR count). The number of hydrogen-bond donors (Lipinski definition) is 2. The highest BCUT2D eigenvalue weighted by Gasteiger charge is 2.03. The molecular formula is C16H17NO3. The van der Waals surface area contributed by atoms with Gasteiger partial charge in [0.05, 0.1) is 12.2 Å². The summed E-state index contributed by atoms with van der Waals surface area (Å²) >= 11 is 0. The van der Waals surface area contributed by atoms with Crippen LogP contribution in [0.4, 0.5) is 5.69 Å². The fourth-order valence-electron chi connectivity index (χ4n) is 1.94. The van der Waals surface area contributed by atoms with Crippen LogP contribution in [0.1, 0.15) is 21.5 Å². The van der Waals surface area contributed by atoms with Crippen molar-refractivity contribution >= 4 is 11.7 Å². The molecule has 0 fully saturated rings. The first-order valence-electron chi connectivity index (χ1n) is 6.33. The lowest BCUT2D eigenvalue weighted by molar-refractivity contribution is 0.0697. The maximum Gasteiger partial charge on any atom is 0.335 e. The second kappa shape index (κ2) is 6.73. The lowest BCUT2D eigenvalue weighted by Crippen LogP contribution is -2.03. The lowest BCUT2D eigenvalue weighted by atomic mass is 10.1. The predicted molar refractivity (Wildman–Crippen MR) is 77.9 cm³/mol. The molecule has 0 bridgehead atoms. The van der Waals surface area contributed by atoms with Gasteiger partial charge in [0.15, 0.2) is 0 Å². The van der Waals surface area contributed by atoms with Gasteiger partial charge in [0.25, 0.3) is 0 Å². The average molecular weight is 271 g/mol. The molecule has 0 spiro atoms. The van der Waals surface area contributed by atoms with Crippen LogP contribution in [0.5, 0.6) is 0 Å². The van der Waals surface area contributed by atoms with E-state index in [0.717, 1.165) is 16.8 Å². The first kappa shape index (κ1) is 14.1. The van der Waals surface area contributed by atoms with Crippen LogP contribution in [0, 0.1) is 0 Å². The summed E-state index contributed by atoms with van der Waals surface area (Å²) in [5.74, 6) is -0.907. The standard InChI is InChI=1S/C16H17NO3/c1-20-11-14-4-2-3-5-15(14)17-10-12-6-8-13(9-7-12)16(18)19/h2-9,17H,10-11H2,1H3,(H,18,19). The smallest absolute Gasteiger partial charge is 0.335 e. The molecule has 2 aromatic carbocycles. The molecule has 0 aliphatic rings. The zero-order valence-corrected chi connectivity index (χ0v) is 11.3. The van der Waals surface area contributed by atoms with Gasteiger partial charge in [-0.1, -0.05) is 30.3 Å². The second-order valence-corrected chi connectivity index (χ2v) is 4.45. The van der Waals surface area contributed by atoms with Gasteiger partial charge < -0.3 is 15.2 Å². The Hall–Kier alpha value is -2.33. The van der Waals surface area contributed by atoms with E-state index < -0.39 is 5.97 Å². The number of para-hydroxylation sites is 1. The third kappa shape index (κ3) is 3.59. The van der Waals surface area contributed by atoms with Gasteiger partial charge in [-0.25, -0.2) is 4.79 Å². The number of rotatable bonds is 6. The van der Waals surface area contributed by atoms with Crippen LogP contribution >= 0.6 is 0 Å². The highest BCUT2D eigenvalue weighted by atomic mass is 16.5. The van der Waals surface area contributed by atoms with Gasteiger partial charge in [0.1, 0.15) is 0 Å². The van der Waals surface area contributed by atoms with Crippen molar-refractivity contribution in [1.29, 1.82) is 0 Å². The summed E-state index contributed by atoms with van der Waals surface area (Å²) in [6, 6.07) is 14.8. The molecule has 0 atom stereocenters. The first-order chi connectivity index (χ1) is 9.70. The van der Waals surface area contributed by atoms with Crippen molar-refractivity contribution in [3.8, 4) is 0 Å². The summed E-state index contributed by atoms with van der Waals surface area (Å²) in [6.45, 7) is 1.20. The minimum Gasteiger partial charge on any atom is -0.478 e. The number of hydrogen-bond acceptors (Lipinski definition) is 3. The summed E-state index contributed by atoms with van der Waals surface area (Å²) in [7, 11) is 1.67. The number of carbonyl (C=O) groups is 1. The SMILES string of the molecule is COCc1ccccc1NCc1ccc(C(=O)O)cc1. The van der Waals surface area contributed by atoms with Gasteiger partial charge in [0.2, 0.25) is 0 Å². The number of benzene rings is 2. The molecule has 0 unspecified atom stereocenters. The fraction of sp³-hybridized carbons (Fsp3) is 0.188. The van der Waals surface area contributed by atoms with Gasteiger partial charge in [0, 0.05) is 24.9 Å². The minimum absolute atomic E-state index is 0.300. The molecule has 0 radical (unpaired) electrons. The molecule has 4 heteroatoms. The van der Waals surface area contributed by atoms with Crippen molar-refractivity contribution in [3.05, 3.63) is 65.2 Å². The lowest BCUT2D eigenvalue weighted by Gasteiger charge is -2.11. The van der Waals surface area contributed by atoms with E-state index in [4.69, 9.17) is 9.84 Å². The van der Waals surface area contributed by atoms with Crippen LogP contribution in [0.15, 0.2) is 48.5 Å². The van der Waals surface area contributed by atoms with Gasteiger partial charge in [-0.2, -0.15) is 0 Å². The summed E-state index contributed by atoms with van der Waals surface area (Å²) in [5.41, 5.74) is 3.45. The Kier molecular flexibility index (Phi) is 4.74. The maximum absolute atomic E-state index is 10.8. The van der Waals surface area contributed by atoms with E-state index in [1.807, 2.05) is 36.4 Å². The molecule has 0 heterocycles. The van der Waals surface area contributed by atoms with Gasteiger partial charge in [-0.15, -0.1) is 0 Å². The monoisotopic (exact) mass is 271 g/mol. The van der Waals surface area contributed by atoms with E-state index in [1.54, 1.807) is 19.2 Å². The Morgan fingerprint density at radius 1 is 1.15 bits per heavy atom. The molecule has 104 valence electrons. The van der Waals surface area contributed by atoms with E-state index in [-0.39, 0.29) is 0 Å². The second-order valence-electron chi connectivity index (χ2n) is 4.45. The van der Waals surface area contributed by atoms with Crippen molar-refractivity contribution in [3.63, 3.8) is 0 Å². The molecule has 0 saturated carbocycles. The molecule has 0 aliphatic heterocycles. The zero-order chi connectivity index (χ0) is 14.4. The quantitative estimate of drug-likeness (QED) is 0.847. The third-order valence-corrected chi connectivity index (χ3v) is 3.00. The Labute approximate surface area is 118 Å². The van der Waals surface area contributed by atoms with E-state index in [1.165, 1.54) is 0 Å². The molecule has 0 aliphatic carbocycles. The Bertz CT molecular complexity index is 579. The van der Waals surface area contributed by atoms with Crippen LogP contribution in [0.2, 0.25) is 0 Å². The third-order valence-electron chi connectivity index (χ3n) is 3.00. The van der Waals surface area contributed by atoms with Crippen LogP contribution in [-0.4, -0.2) is 18.2 Å². The Morgan fingerprint density at radius 3 is 2.50 bits per heavy atom. The van der Waals surface area contributed by atoms with Crippen LogP contribution in [0.25, 0.3) is 0 Å². The van der Waals surface area contributed by atoms with Crippen LogP contribution < -0.4 is 5.32 Å². The number of aromatic carboxylic acids is 1. The summed E-state index contributed by atoms with van der Waals surface area (Å²) in [4.78, 5) is 10.8. The molecule has 0 saturated heterocycles. The number of ether oxygens (including phenoxy) is 1. The summed E-state index contributed by atoms with van der Waals surface area (Å²) in [5, 5.41) is 12.2. The highest BCUT2D eigenvalue weighted by molar-refractivity contribution is 5.87. The van der Waals surface area contributed by atoms with Crippen LogP contribution in [0.3, 0.4) is 0 Å². The number of anilines is 1. The van der Waals surface area contributed by atoms with Crippen molar-refractivity contribution in [2.75, 3.05) is 12.4 Å². The first-order valence-corrected chi connectivity index (χ1v) is 6.33. The fourth-order valence-corrected chi connectivity index (χ4v) is 1.94. The van der Waals surface area contributed by atoms with E-state index >= 15 is 0 Å². The van der Waals surface area contributed by atoms with Crippen molar-refractivity contribution < 1.29 is 14.6 Å². The van der Waals surface area contributed by atoms with E-state index in [2.05, 4.69) is 5.32 Å².